The molecule has 0 bridgehead atoms. The molecule has 3 heterocycles. The van der Waals surface area contributed by atoms with Gasteiger partial charge in [0.25, 0.3) is 5.91 Å². The van der Waals surface area contributed by atoms with Crippen LogP contribution in [0.5, 0.6) is 11.5 Å². The third-order valence-corrected chi connectivity index (χ3v) is 4.01. The maximum absolute atomic E-state index is 12.3. The summed E-state index contributed by atoms with van der Waals surface area (Å²) >= 11 is 0. The lowest BCUT2D eigenvalue weighted by molar-refractivity contribution is 0.102. The summed E-state index contributed by atoms with van der Waals surface area (Å²) < 4.78 is 13.2. The van der Waals surface area contributed by atoms with Crippen LogP contribution in [0, 0.1) is 0 Å². The zero-order chi connectivity index (χ0) is 19.3. The number of carbonyl (C=O) groups excluding carboxylic acids is 1. The minimum Gasteiger partial charge on any atom is -0.493 e. The summed E-state index contributed by atoms with van der Waals surface area (Å²) in [5, 5.41) is 2.77. The topological polar surface area (TPSA) is 90.6 Å². The Hall–Kier alpha value is -3.94. The monoisotopic (exact) mass is 375 g/mol. The molecule has 0 saturated carbocycles. The molecule has 3 aromatic heterocycles. The number of nitrogens with zero attached hydrogens (tertiary/aromatic N) is 4. The van der Waals surface area contributed by atoms with Crippen molar-refractivity contribution in [2.24, 2.45) is 0 Å². The number of rotatable bonds is 6. The van der Waals surface area contributed by atoms with Crippen LogP contribution in [-0.2, 0) is 6.61 Å². The summed E-state index contributed by atoms with van der Waals surface area (Å²) in [4.78, 5) is 24.6. The number of nitrogens with one attached hydrogen (secondary N) is 1. The fraction of sp³-hybridized carbons (Fsp3) is 0.100. The lowest BCUT2D eigenvalue weighted by atomic mass is 10.2. The summed E-state index contributed by atoms with van der Waals surface area (Å²) in [5.41, 5.74) is 2.41. The van der Waals surface area contributed by atoms with Crippen LogP contribution < -0.4 is 14.8 Å². The number of amides is 1. The highest BCUT2D eigenvalue weighted by Gasteiger charge is 2.12. The number of methoxy groups -OCH3 is 1. The SMILES string of the molecule is COc1ccc(NC(=O)c2cnccn2)cc1OCc1cn2ccccc2n1. The van der Waals surface area contributed by atoms with Crippen LogP contribution in [0.3, 0.4) is 0 Å². The lowest BCUT2D eigenvalue weighted by Gasteiger charge is -2.12. The van der Waals surface area contributed by atoms with E-state index >= 15 is 0 Å². The number of ether oxygens (including phenoxy) is 2. The van der Waals surface area contributed by atoms with Crippen LogP contribution in [0.15, 0.2) is 67.4 Å². The van der Waals surface area contributed by atoms with E-state index in [-0.39, 0.29) is 18.2 Å². The van der Waals surface area contributed by atoms with Crippen molar-refractivity contribution >= 4 is 17.2 Å². The Kier molecular flexibility index (Phi) is 4.83. The summed E-state index contributed by atoms with van der Waals surface area (Å²) in [6.45, 7) is 0.263. The third kappa shape index (κ3) is 3.75. The van der Waals surface area contributed by atoms with E-state index in [9.17, 15) is 4.79 Å². The van der Waals surface area contributed by atoms with Gasteiger partial charge in [0.05, 0.1) is 19.0 Å². The van der Waals surface area contributed by atoms with E-state index in [4.69, 9.17) is 9.47 Å². The van der Waals surface area contributed by atoms with Crippen molar-refractivity contribution in [3.05, 3.63) is 78.8 Å². The van der Waals surface area contributed by atoms with E-state index in [1.165, 1.54) is 18.6 Å². The number of pyridine rings is 1. The largest absolute Gasteiger partial charge is 0.493 e. The predicted octanol–water partition coefficient (Wildman–Crippen LogP) is 2.96. The Labute approximate surface area is 160 Å². The number of imidazole rings is 1. The molecule has 0 spiro atoms. The Morgan fingerprint density at radius 2 is 2.11 bits per heavy atom. The first-order valence-corrected chi connectivity index (χ1v) is 8.54. The van der Waals surface area contributed by atoms with Gasteiger partial charge in [0.15, 0.2) is 11.5 Å². The fourth-order valence-corrected chi connectivity index (χ4v) is 2.69. The minimum atomic E-state index is -0.357. The van der Waals surface area contributed by atoms with E-state index in [2.05, 4.69) is 20.3 Å². The van der Waals surface area contributed by atoms with Crippen LogP contribution in [0.25, 0.3) is 5.65 Å². The second-order valence-electron chi connectivity index (χ2n) is 5.90. The van der Waals surface area contributed by atoms with Crippen LogP contribution in [-0.4, -0.2) is 32.4 Å². The van der Waals surface area contributed by atoms with Gasteiger partial charge >= 0.3 is 0 Å². The molecular weight excluding hydrogens is 358 g/mol. The van der Waals surface area contributed by atoms with Crippen LogP contribution in [0.4, 0.5) is 5.69 Å². The second kappa shape index (κ2) is 7.75. The van der Waals surface area contributed by atoms with Gasteiger partial charge in [0.2, 0.25) is 0 Å². The van der Waals surface area contributed by atoms with Gasteiger partial charge in [-0.1, -0.05) is 6.07 Å². The molecule has 4 aromatic rings. The van der Waals surface area contributed by atoms with Crippen molar-refractivity contribution in [3.8, 4) is 11.5 Å². The molecule has 0 radical (unpaired) electrons. The van der Waals surface area contributed by atoms with E-state index < -0.39 is 0 Å². The van der Waals surface area contributed by atoms with Gasteiger partial charge in [0.1, 0.15) is 17.9 Å². The Bertz CT molecular complexity index is 1080. The summed E-state index contributed by atoms with van der Waals surface area (Å²) in [5.74, 6) is 0.697. The maximum atomic E-state index is 12.3. The van der Waals surface area contributed by atoms with Gasteiger partial charge in [-0.15, -0.1) is 0 Å². The highest BCUT2D eigenvalue weighted by Crippen LogP contribution is 2.31. The smallest absolute Gasteiger partial charge is 0.275 e. The standard InChI is InChI=1S/C20H17N5O3/c1-27-17-6-5-14(24-20(26)16-11-21-7-8-22-16)10-18(17)28-13-15-12-25-9-3-2-4-19(25)23-15/h2-12H,13H2,1H3,(H,24,26). The van der Waals surface area contributed by atoms with Crippen molar-refractivity contribution in [1.29, 1.82) is 0 Å². The molecule has 140 valence electrons. The Morgan fingerprint density at radius 1 is 1.18 bits per heavy atom. The minimum absolute atomic E-state index is 0.227. The Morgan fingerprint density at radius 3 is 2.89 bits per heavy atom. The van der Waals surface area contributed by atoms with Gasteiger partial charge in [-0.2, -0.15) is 0 Å². The molecule has 0 aliphatic heterocycles. The average Bonchev–Trinajstić information content (AvgIpc) is 3.16. The van der Waals surface area contributed by atoms with E-state index in [0.29, 0.717) is 17.2 Å². The molecule has 1 amide bonds. The molecule has 8 heteroatoms. The highest BCUT2D eigenvalue weighted by molar-refractivity contribution is 6.02. The third-order valence-electron chi connectivity index (χ3n) is 4.01. The molecule has 0 fully saturated rings. The van der Waals surface area contributed by atoms with Crippen LogP contribution in [0.1, 0.15) is 16.2 Å². The van der Waals surface area contributed by atoms with E-state index in [0.717, 1.165) is 11.3 Å². The number of carbonyl (C=O) groups is 1. The van der Waals surface area contributed by atoms with Crippen molar-refractivity contribution < 1.29 is 14.3 Å². The van der Waals surface area contributed by atoms with Crippen molar-refractivity contribution in [3.63, 3.8) is 0 Å². The number of fused-ring (bicyclic) bond motifs is 1. The van der Waals surface area contributed by atoms with Crippen LogP contribution in [0.2, 0.25) is 0 Å². The molecule has 0 aliphatic rings. The van der Waals surface area contributed by atoms with E-state index in [1.807, 2.05) is 35.0 Å². The summed E-state index contributed by atoms with van der Waals surface area (Å²) in [6.07, 6.45) is 8.21. The number of anilines is 1. The molecule has 4 rings (SSSR count). The van der Waals surface area contributed by atoms with Crippen molar-refractivity contribution in [2.75, 3.05) is 12.4 Å². The number of hydrogen-bond acceptors (Lipinski definition) is 6. The molecule has 0 unspecified atom stereocenters. The zero-order valence-electron chi connectivity index (χ0n) is 15.1. The summed E-state index contributed by atoms with van der Waals surface area (Å²) in [7, 11) is 1.56. The molecule has 0 atom stereocenters. The van der Waals surface area contributed by atoms with Crippen LogP contribution >= 0.6 is 0 Å². The zero-order valence-corrected chi connectivity index (χ0v) is 15.1. The van der Waals surface area contributed by atoms with Gasteiger partial charge in [-0.3, -0.25) is 9.78 Å². The molecule has 8 nitrogen and oxygen atoms in total. The van der Waals surface area contributed by atoms with Crippen molar-refractivity contribution in [1.82, 2.24) is 19.4 Å². The van der Waals surface area contributed by atoms with Crippen molar-refractivity contribution in [2.45, 2.75) is 6.61 Å². The molecule has 0 saturated heterocycles. The fourth-order valence-electron chi connectivity index (χ4n) is 2.69. The van der Waals surface area contributed by atoms with Gasteiger partial charge in [-0.05, 0) is 24.3 Å². The van der Waals surface area contributed by atoms with Gasteiger partial charge in [-0.25, -0.2) is 9.97 Å². The van der Waals surface area contributed by atoms with Gasteiger partial charge in [0, 0.05) is 36.5 Å². The van der Waals surface area contributed by atoms with E-state index in [1.54, 1.807) is 25.3 Å². The first-order valence-electron chi connectivity index (χ1n) is 8.54. The number of hydrogen-bond donors (Lipinski definition) is 1. The number of aromatic nitrogens is 4. The summed E-state index contributed by atoms with van der Waals surface area (Å²) in [6, 6.07) is 10.9. The maximum Gasteiger partial charge on any atom is 0.275 e. The van der Waals surface area contributed by atoms with Gasteiger partial charge < -0.3 is 19.2 Å². The lowest BCUT2D eigenvalue weighted by Crippen LogP contribution is -2.13. The molecule has 1 N–H and O–H groups in total. The number of benzene rings is 1. The predicted molar refractivity (Wildman–Crippen MR) is 103 cm³/mol. The first kappa shape index (κ1) is 17.5. The highest BCUT2D eigenvalue weighted by atomic mass is 16.5. The second-order valence-corrected chi connectivity index (χ2v) is 5.90. The molecule has 1 aromatic carbocycles. The normalized spacial score (nSPS) is 10.6. The average molecular weight is 375 g/mol. The Balaban J connectivity index is 1.50. The molecule has 28 heavy (non-hydrogen) atoms. The molecular formula is C20H17N5O3. The quantitative estimate of drug-likeness (QED) is 0.557. The molecule has 0 aliphatic carbocycles. The first-order chi connectivity index (χ1) is 13.7.